The van der Waals surface area contributed by atoms with Gasteiger partial charge in [-0.25, -0.2) is 0 Å². The van der Waals surface area contributed by atoms with Crippen LogP contribution in [0.15, 0.2) is 48.8 Å². The second kappa shape index (κ2) is 8.13. The number of benzene rings is 1. The Balaban J connectivity index is 1.45. The minimum atomic E-state index is -0.264. The van der Waals surface area contributed by atoms with Crippen molar-refractivity contribution in [2.75, 3.05) is 11.4 Å². The molecule has 1 atom stereocenters. The Morgan fingerprint density at radius 1 is 1.18 bits per heavy atom. The van der Waals surface area contributed by atoms with E-state index < -0.39 is 0 Å². The summed E-state index contributed by atoms with van der Waals surface area (Å²) in [6.07, 6.45) is 8.10. The molecule has 2 aliphatic rings. The van der Waals surface area contributed by atoms with Gasteiger partial charge in [0, 0.05) is 43.6 Å². The second-order valence-electron chi connectivity index (χ2n) is 7.88. The van der Waals surface area contributed by atoms with Gasteiger partial charge in [0.2, 0.25) is 11.8 Å². The van der Waals surface area contributed by atoms with Crippen LogP contribution in [0.1, 0.15) is 43.7 Å². The summed E-state index contributed by atoms with van der Waals surface area (Å²) in [5.41, 5.74) is 3.21. The number of anilines is 1. The van der Waals surface area contributed by atoms with E-state index in [1.54, 1.807) is 11.1 Å². The highest BCUT2D eigenvalue weighted by molar-refractivity contribution is 6.00. The molecule has 5 nitrogen and oxygen atoms in total. The first-order chi connectivity index (χ1) is 13.7. The maximum atomic E-state index is 13.2. The largest absolute Gasteiger partial charge is 0.335 e. The van der Waals surface area contributed by atoms with E-state index >= 15 is 0 Å². The maximum Gasteiger partial charge on any atom is 0.228 e. The van der Waals surface area contributed by atoms with Crippen LogP contribution in [-0.4, -0.2) is 34.3 Å². The van der Waals surface area contributed by atoms with Crippen molar-refractivity contribution in [3.63, 3.8) is 0 Å². The number of carbonyl (C=O) groups excluding carboxylic acids is 2. The minimum Gasteiger partial charge on any atom is -0.335 e. The Morgan fingerprint density at radius 2 is 1.96 bits per heavy atom. The minimum absolute atomic E-state index is 0.0405. The van der Waals surface area contributed by atoms with E-state index in [1.165, 1.54) is 5.56 Å². The predicted molar refractivity (Wildman–Crippen MR) is 109 cm³/mol. The molecule has 4 rings (SSSR count). The van der Waals surface area contributed by atoms with Crippen molar-refractivity contribution in [1.29, 1.82) is 0 Å². The zero-order valence-corrected chi connectivity index (χ0v) is 16.4. The number of hydrogen-bond acceptors (Lipinski definition) is 3. The van der Waals surface area contributed by atoms with Crippen LogP contribution in [0.3, 0.4) is 0 Å². The normalized spacial score (nSPS) is 19.1. The monoisotopic (exact) mass is 377 g/mol. The van der Waals surface area contributed by atoms with Gasteiger partial charge in [-0.3, -0.25) is 14.6 Å². The first kappa shape index (κ1) is 18.7. The van der Waals surface area contributed by atoms with Gasteiger partial charge in [-0.1, -0.05) is 31.5 Å². The molecule has 2 aromatic rings. The predicted octanol–water partition coefficient (Wildman–Crippen LogP) is 3.58. The van der Waals surface area contributed by atoms with Crippen LogP contribution in [-0.2, 0) is 22.6 Å². The Hall–Kier alpha value is -2.69. The van der Waals surface area contributed by atoms with Crippen molar-refractivity contribution in [3.8, 4) is 0 Å². The molecule has 0 radical (unpaired) electrons. The van der Waals surface area contributed by atoms with Crippen LogP contribution in [0.2, 0.25) is 0 Å². The van der Waals surface area contributed by atoms with Crippen LogP contribution < -0.4 is 4.90 Å². The second-order valence-corrected chi connectivity index (χ2v) is 7.88. The fourth-order valence-electron chi connectivity index (χ4n) is 3.95. The highest BCUT2D eigenvalue weighted by atomic mass is 16.2. The molecule has 28 heavy (non-hydrogen) atoms. The van der Waals surface area contributed by atoms with Crippen LogP contribution in [0.25, 0.3) is 0 Å². The van der Waals surface area contributed by atoms with Crippen LogP contribution >= 0.6 is 0 Å². The average Bonchev–Trinajstić information content (AvgIpc) is 3.49. The van der Waals surface area contributed by atoms with Gasteiger partial charge < -0.3 is 9.80 Å². The number of aryl methyl sites for hydroxylation is 1. The van der Waals surface area contributed by atoms with Crippen molar-refractivity contribution in [2.24, 2.45) is 5.92 Å². The third kappa shape index (κ3) is 4.08. The first-order valence-electron chi connectivity index (χ1n) is 10.2. The standard InChI is InChI=1S/C23H27N3O2/c1-2-4-17-6-8-20(9-7-17)25-16-19(13-22(25)27)23(28)26(21-10-11-21)15-18-5-3-12-24-14-18/h3,5-9,12,14,19,21H,2,4,10-11,13,15-16H2,1H3/t19-/m0/s1. The molecule has 1 aromatic heterocycles. The third-order valence-corrected chi connectivity index (χ3v) is 5.61. The lowest BCUT2D eigenvalue weighted by Gasteiger charge is -2.25. The summed E-state index contributed by atoms with van der Waals surface area (Å²) in [7, 11) is 0. The molecule has 1 aliphatic carbocycles. The molecule has 5 heteroatoms. The molecule has 1 saturated heterocycles. The maximum absolute atomic E-state index is 13.2. The van der Waals surface area contributed by atoms with Gasteiger partial charge in [-0.2, -0.15) is 0 Å². The van der Waals surface area contributed by atoms with Crippen LogP contribution in [0, 0.1) is 5.92 Å². The Kier molecular flexibility index (Phi) is 5.42. The SMILES string of the molecule is CCCc1ccc(N2C[C@@H](C(=O)N(Cc3cccnc3)C3CC3)CC2=O)cc1. The van der Waals surface area contributed by atoms with Crippen molar-refractivity contribution in [1.82, 2.24) is 9.88 Å². The van der Waals surface area contributed by atoms with E-state index in [-0.39, 0.29) is 17.7 Å². The molecule has 0 unspecified atom stereocenters. The molecule has 0 bridgehead atoms. The smallest absolute Gasteiger partial charge is 0.228 e. The number of rotatable bonds is 7. The number of hydrogen-bond donors (Lipinski definition) is 0. The summed E-state index contributed by atoms with van der Waals surface area (Å²) in [5.74, 6) is -0.122. The Labute approximate surface area is 166 Å². The molecule has 2 heterocycles. The molecule has 1 aromatic carbocycles. The molecule has 2 fully saturated rings. The number of amides is 2. The summed E-state index contributed by atoms with van der Waals surface area (Å²) in [6, 6.07) is 12.4. The van der Waals surface area contributed by atoms with E-state index in [0.29, 0.717) is 25.6 Å². The van der Waals surface area contributed by atoms with Crippen molar-refractivity contribution < 1.29 is 9.59 Å². The fourth-order valence-corrected chi connectivity index (χ4v) is 3.95. The Morgan fingerprint density at radius 3 is 2.61 bits per heavy atom. The Bertz CT molecular complexity index is 831. The van der Waals surface area contributed by atoms with Gasteiger partial charge in [0.25, 0.3) is 0 Å². The number of nitrogens with zero attached hydrogens (tertiary/aromatic N) is 3. The van der Waals surface area contributed by atoms with Crippen molar-refractivity contribution in [2.45, 2.75) is 51.6 Å². The highest BCUT2D eigenvalue weighted by Crippen LogP contribution is 2.33. The molecular formula is C23H27N3O2. The molecule has 1 aliphatic heterocycles. The third-order valence-electron chi connectivity index (χ3n) is 5.61. The topological polar surface area (TPSA) is 53.5 Å². The van der Waals surface area contributed by atoms with Crippen molar-refractivity contribution >= 4 is 17.5 Å². The number of pyridine rings is 1. The fraction of sp³-hybridized carbons (Fsp3) is 0.435. The lowest BCUT2D eigenvalue weighted by Crippen LogP contribution is -2.38. The molecule has 2 amide bonds. The van der Waals surface area contributed by atoms with Gasteiger partial charge in [0.05, 0.1) is 5.92 Å². The van der Waals surface area contributed by atoms with E-state index in [2.05, 4.69) is 24.0 Å². The summed E-state index contributed by atoms with van der Waals surface area (Å²) >= 11 is 0. The average molecular weight is 377 g/mol. The molecule has 1 saturated carbocycles. The van der Waals surface area contributed by atoms with E-state index in [9.17, 15) is 9.59 Å². The summed E-state index contributed by atoms with van der Waals surface area (Å²) in [4.78, 5) is 33.7. The van der Waals surface area contributed by atoms with Crippen LogP contribution in [0.5, 0.6) is 0 Å². The number of carbonyl (C=O) groups is 2. The van der Waals surface area contributed by atoms with Gasteiger partial charge in [0.1, 0.15) is 0 Å². The lowest BCUT2D eigenvalue weighted by atomic mass is 10.1. The van der Waals surface area contributed by atoms with Gasteiger partial charge >= 0.3 is 0 Å². The first-order valence-corrected chi connectivity index (χ1v) is 10.2. The summed E-state index contributed by atoms with van der Waals surface area (Å²) < 4.78 is 0. The quantitative estimate of drug-likeness (QED) is 0.741. The molecule has 146 valence electrons. The van der Waals surface area contributed by atoms with Gasteiger partial charge in [0.15, 0.2) is 0 Å². The van der Waals surface area contributed by atoms with Crippen LogP contribution in [0.4, 0.5) is 5.69 Å². The summed E-state index contributed by atoms with van der Waals surface area (Å²) in [6.45, 7) is 3.21. The zero-order valence-electron chi connectivity index (χ0n) is 16.4. The van der Waals surface area contributed by atoms with Gasteiger partial charge in [-0.15, -0.1) is 0 Å². The number of aromatic nitrogens is 1. The molecular weight excluding hydrogens is 350 g/mol. The summed E-state index contributed by atoms with van der Waals surface area (Å²) in [5, 5.41) is 0. The van der Waals surface area contributed by atoms with Crippen molar-refractivity contribution in [3.05, 3.63) is 59.9 Å². The van der Waals surface area contributed by atoms with E-state index in [1.807, 2.05) is 35.4 Å². The van der Waals surface area contributed by atoms with Gasteiger partial charge in [-0.05, 0) is 48.6 Å². The van der Waals surface area contributed by atoms with E-state index in [4.69, 9.17) is 0 Å². The zero-order chi connectivity index (χ0) is 19.5. The molecule has 0 spiro atoms. The molecule has 0 N–H and O–H groups in total. The lowest BCUT2D eigenvalue weighted by molar-refractivity contribution is -0.137. The van der Waals surface area contributed by atoms with E-state index in [0.717, 1.165) is 36.9 Å². The highest BCUT2D eigenvalue weighted by Gasteiger charge is 2.41.